The van der Waals surface area contributed by atoms with Crippen LogP contribution in [0.15, 0.2) is 53.7 Å². The minimum Gasteiger partial charge on any atom is -0.370 e. The topological polar surface area (TPSA) is 92.4 Å². The molecule has 6 nitrogen and oxygen atoms in total. The third-order valence-corrected chi connectivity index (χ3v) is 5.02. The molecule has 1 saturated carbocycles. The number of aromatic nitrogens is 1. The van der Waals surface area contributed by atoms with E-state index in [0.29, 0.717) is 19.0 Å². The number of anilines is 1. The Morgan fingerprint density at radius 3 is 2.72 bits per heavy atom. The lowest BCUT2D eigenvalue weighted by molar-refractivity contribution is -0.120. The number of halogens is 1. The van der Waals surface area contributed by atoms with E-state index in [1.54, 1.807) is 6.20 Å². The second kappa shape index (κ2) is 12.4. The first-order valence-electron chi connectivity index (χ1n) is 10.0. The Kier molecular flexibility index (Phi) is 9.90. The molecule has 1 heterocycles. The summed E-state index contributed by atoms with van der Waals surface area (Å²) in [5.41, 5.74) is 8.80. The number of nitrogens with two attached hydrogens (primary N) is 1. The standard InChI is InChI=1S/C22H29N5O.HI/c23-22(25-14-12-19-10-4-5-13-24-19)26-16-17-7-6-11-20(15-17)27-21(28)18-8-2-1-3-9-18;/h4-7,10-11,13,15,18H,1-3,8-9,12,14,16H2,(H,27,28)(H3,23,25,26);1H. The smallest absolute Gasteiger partial charge is 0.227 e. The van der Waals surface area contributed by atoms with Gasteiger partial charge in [0, 0.05) is 36.5 Å². The van der Waals surface area contributed by atoms with Crippen LogP contribution in [0.3, 0.4) is 0 Å². The number of carbonyl (C=O) groups excluding carboxylic acids is 1. The largest absolute Gasteiger partial charge is 0.370 e. The summed E-state index contributed by atoms with van der Waals surface area (Å²) < 4.78 is 0. The van der Waals surface area contributed by atoms with Gasteiger partial charge in [0.25, 0.3) is 0 Å². The van der Waals surface area contributed by atoms with Gasteiger partial charge in [0.15, 0.2) is 5.96 Å². The molecule has 156 valence electrons. The predicted molar refractivity (Wildman–Crippen MR) is 128 cm³/mol. The van der Waals surface area contributed by atoms with E-state index in [1.807, 2.05) is 42.5 Å². The first-order chi connectivity index (χ1) is 13.7. The van der Waals surface area contributed by atoms with E-state index in [4.69, 9.17) is 5.73 Å². The van der Waals surface area contributed by atoms with Gasteiger partial charge in [-0.05, 0) is 42.7 Å². The first kappa shape index (κ1) is 23.1. The first-order valence-corrected chi connectivity index (χ1v) is 10.0. The summed E-state index contributed by atoms with van der Waals surface area (Å²) in [5, 5.41) is 6.16. The van der Waals surface area contributed by atoms with Crippen molar-refractivity contribution in [3.8, 4) is 0 Å². The molecular formula is C22H30IN5O. The van der Waals surface area contributed by atoms with Crippen LogP contribution >= 0.6 is 24.0 Å². The Labute approximate surface area is 189 Å². The molecule has 0 bridgehead atoms. The van der Waals surface area contributed by atoms with Crippen LogP contribution in [0.25, 0.3) is 0 Å². The van der Waals surface area contributed by atoms with Crippen LogP contribution in [-0.2, 0) is 17.8 Å². The number of rotatable bonds is 7. The van der Waals surface area contributed by atoms with Crippen molar-refractivity contribution < 1.29 is 4.79 Å². The molecular weight excluding hydrogens is 477 g/mol. The molecule has 1 aliphatic rings. The number of benzene rings is 1. The number of hydrogen-bond donors (Lipinski definition) is 3. The molecule has 0 atom stereocenters. The van der Waals surface area contributed by atoms with Gasteiger partial charge in [-0.15, -0.1) is 24.0 Å². The molecule has 1 aromatic carbocycles. The molecule has 7 heteroatoms. The van der Waals surface area contributed by atoms with Gasteiger partial charge in [0.1, 0.15) is 0 Å². The van der Waals surface area contributed by atoms with Crippen LogP contribution in [0, 0.1) is 5.92 Å². The van der Waals surface area contributed by atoms with Crippen LogP contribution in [0.4, 0.5) is 5.69 Å². The third-order valence-electron chi connectivity index (χ3n) is 5.02. The van der Waals surface area contributed by atoms with E-state index in [9.17, 15) is 4.79 Å². The molecule has 1 amide bonds. The molecule has 1 aliphatic carbocycles. The fourth-order valence-corrected chi connectivity index (χ4v) is 3.45. The zero-order valence-electron chi connectivity index (χ0n) is 16.6. The van der Waals surface area contributed by atoms with Crippen molar-refractivity contribution in [2.45, 2.75) is 45.1 Å². The van der Waals surface area contributed by atoms with E-state index in [0.717, 1.165) is 49.0 Å². The lowest BCUT2D eigenvalue weighted by Gasteiger charge is -2.20. The van der Waals surface area contributed by atoms with Crippen molar-refractivity contribution in [3.05, 3.63) is 59.9 Å². The highest BCUT2D eigenvalue weighted by Crippen LogP contribution is 2.25. The van der Waals surface area contributed by atoms with Gasteiger partial charge in [-0.3, -0.25) is 9.78 Å². The average Bonchev–Trinajstić information content (AvgIpc) is 2.74. The normalized spacial score (nSPS) is 14.7. The predicted octanol–water partition coefficient (Wildman–Crippen LogP) is 3.87. The Balaban J connectivity index is 0.00000300. The molecule has 0 aliphatic heterocycles. The summed E-state index contributed by atoms with van der Waals surface area (Å²) in [5.74, 6) is 0.693. The van der Waals surface area contributed by atoms with Gasteiger partial charge < -0.3 is 16.4 Å². The van der Waals surface area contributed by atoms with Gasteiger partial charge >= 0.3 is 0 Å². The molecule has 1 fully saturated rings. The summed E-state index contributed by atoms with van der Waals surface area (Å²) in [6.45, 7) is 1.15. The average molecular weight is 507 g/mol. The molecule has 2 aromatic rings. The van der Waals surface area contributed by atoms with Gasteiger partial charge in [-0.25, -0.2) is 4.99 Å². The second-order valence-electron chi connectivity index (χ2n) is 7.22. The van der Waals surface area contributed by atoms with Gasteiger partial charge in [-0.2, -0.15) is 0 Å². The summed E-state index contributed by atoms with van der Waals surface area (Å²) in [6, 6.07) is 13.7. The van der Waals surface area contributed by atoms with Gasteiger partial charge in [0.05, 0.1) is 6.54 Å². The maximum absolute atomic E-state index is 12.4. The molecule has 1 aromatic heterocycles. The summed E-state index contributed by atoms with van der Waals surface area (Å²) >= 11 is 0. The number of nitrogens with zero attached hydrogens (tertiary/aromatic N) is 2. The number of guanidine groups is 1. The zero-order valence-corrected chi connectivity index (χ0v) is 19.0. The summed E-state index contributed by atoms with van der Waals surface area (Å²) in [7, 11) is 0. The molecule has 0 spiro atoms. The summed E-state index contributed by atoms with van der Waals surface area (Å²) in [4.78, 5) is 21.1. The van der Waals surface area contributed by atoms with E-state index in [2.05, 4.69) is 20.6 Å². The van der Waals surface area contributed by atoms with Crippen LogP contribution in [-0.4, -0.2) is 23.4 Å². The molecule has 0 unspecified atom stereocenters. The highest BCUT2D eigenvalue weighted by Gasteiger charge is 2.20. The van der Waals surface area contributed by atoms with Crippen molar-refractivity contribution in [3.63, 3.8) is 0 Å². The molecule has 0 saturated heterocycles. The van der Waals surface area contributed by atoms with Crippen LogP contribution in [0.5, 0.6) is 0 Å². The van der Waals surface area contributed by atoms with Crippen molar-refractivity contribution >= 4 is 41.5 Å². The number of hydrogen-bond acceptors (Lipinski definition) is 3. The third kappa shape index (κ3) is 8.00. The number of amides is 1. The second-order valence-corrected chi connectivity index (χ2v) is 7.22. The van der Waals surface area contributed by atoms with Crippen LogP contribution < -0.4 is 16.4 Å². The lowest BCUT2D eigenvalue weighted by Crippen LogP contribution is -2.33. The molecule has 3 rings (SSSR count). The minimum atomic E-state index is 0. The number of carbonyl (C=O) groups is 1. The van der Waals surface area contributed by atoms with Crippen LogP contribution in [0.1, 0.15) is 43.4 Å². The quantitative estimate of drug-likeness (QED) is 0.302. The highest BCUT2D eigenvalue weighted by molar-refractivity contribution is 14.0. The van der Waals surface area contributed by atoms with Crippen molar-refractivity contribution in [2.24, 2.45) is 16.6 Å². The van der Waals surface area contributed by atoms with Crippen molar-refractivity contribution in [2.75, 3.05) is 11.9 Å². The molecule has 0 radical (unpaired) electrons. The lowest BCUT2D eigenvalue weighted by atomic mass is 9.88. The maximum Gasteiger partial charge on any atom is 0.227 e. The highest BCUT2D eigenvalue weighted by atomic mass is 127. The van der Waals surface area contributed by atoms with E-state index in [1.165, 1.54) is 6.42 Å². The minimum absolute atomic E-state index is 0. The Morgan fingerprint density at radius 1 is 1.14 bits per heavy atom. The van der Waals surface area contributed by atoms with Crippen molar-refractivity contribution in [1.82, 2.24) is 10.3 Å². The fraction of sp³-hybridized carbons (Fsp3) is 0.409. The van der Waals surface area contributed by atoms with Gasteiger partial charge in [-0.1, -0.05) is 37.5 Å². The molecule has 29 heavy (non-hydrogen) atoms. The van der Waals surface area contributed by atoms with Crippen LogP contribution in [0.2, 0.25) is 0 Å². The van der Waals surface area contributed by atoms with Gasteiger partial charge in [0.2, 0.25) is 5.91 Å². The number of aliphatic imine (C=N–C) groups is 1. The number of nitrogens with one attached hydrogen (secondary N) is 2. The SMILES string of the molecule is I.NC(=NCc1cccc(NC(=O)C2CCCCC2)c1)NCCc1ccccn1. The monoisotopic (exact) mass is 507 g/mol. The maximum atomic E-state index is 12.4. The van der Waals surface area contributed by atoms with E-state index < -0.39 is 0 Å². The van der Waals surface area contributed by atoms with E-state index >= 15 is 0 Å². The molecule has 4 N–H and O–H groups in total. The fourth-order valence-electron chi connectivity index (χ4n) is 3.45. The Morgan fingerprint density at radius 2 is 1.97 bits per heavy atom. The Bertz CT molecular complexity index is 791. The zero-order chi connectivity index (χ0) is 19.6. The van der Waals surface area contributed by atoms with E-state index in [-0.39, 0.29) is 35.8 Å². The number of pyridine rings is 1. The summed E-state index contributed by atoms with van der Waals surface area (Å²) in [6.07, 6.45) is 8.12. The van der Waals surface area contributed by atoms with Crippen molar-refractivity contribution in [1.29, 1.82) is 0 Å². The Hall–Kier alpha value is -2.16.